The zero-order valence-electron chi connectivity index (χ0n) is 14.8. The van der Waals surface area contributed by atoms with Gasteiger partial charge in [0.25, 0.3) is 0 Å². The van der Waals surface area contributed by atoms with Crippen LogP contribution in [-0.2, 0) is 4.74 Å². The van der Waals surface area contributed by atoms with Crippen LogP contribution >= 0.6 is 0 Å². The first kappa shape index (κ1) is 20.1. The van der Waals surface area contributed by atoms with Crippen molar-refractivity contribution in [2.45, 2.75) is 30.7 Å². The van der Waals surface area contributed by atoms with Gasteiger partial charge in [-0.1, -0.05) is 24.3 Å². The predicted octanol–water partition coefficient (Wildman–Crippen LogP) is 0.447. The minimum atomic E-state index is -1.55. The molecule has 1 saturated heterocycles. The first-order valence-electron chi connectivity index (χ1n) is 8.65. The lowest BCUT2D eigenvalue weighted by Crippen LogP contribution is -2.60. The van der Waals surface area contributed by atoms with Crippen molar-refractivity contribution in [3.63, 3.8) is 0 Å². The molecule has 1 heterocycles. The van der Waals surface area contributed by atoms with Crippen LogP contribution < -0.4 is 4.74 Å². The van der Waals surface area contributed by atoms with Crippen LogP contribution in [0.5, 0.6) is 17.2 Å². The fraction of sp³-hybridized carbons (Fsp3) is 0.300. The van der Waals surface area contributed by atoms with E-state index in [1.807, 2.05) is 0 Å². The lowest BCUT2D eigenvalue weighted by Gasteiger charge is -2.39. The summed E-state index contributed by atoms with van der Waals surface area (Å²) in [5, 5.41) is 58.2. The summed E-state index contributed by atoms with van der Waals surface area (Å²) < 4.78 is 10.8. The molecule has 8 heteroatoms. The topological polar surface area (TPSA) is 140 Å². The molecule has 1 fully saturated rings. The average molecular weight is 390 g/mol. The quantitative estimate of drug-likeness (QED) is 0.405. The molecule has 8 nitrogen and oxygen atoms in total. The molecule has 0 unspecified atom stereocenters. The third-order valence-corrected chi connectivity index (χ3v) is 4.38. The van der Waals surface area contributed by atoms with Crippen molar-refractivity contribution in [1.29, 1.82) is 0 Å². The third kappa shape index (κ3) is 4.61. The Morgan fingerprint density at radius 2 is 1.50 bits per heavy atom. The predicted molar refractivity (Wildman–Crippen MR) is 99.5 cm³/mol. The van der Waals surface area contributed by atoms with Gasteiger partial charge in [0.1, 0.15) is 41.7 Å². The summed E-state index contributed by atoms with van der Waals surface area (Å²) in [5.41, 5.74) is 1.42. The Balaban J connectivity index is 1.76. The van der Waals surface area contributed by atoms with Gasteiger partial charge in [0.05, 0.1) is 6.61 Å². The van der Waals surface area contributed by atoms with Crippen molar-refractivity contribution in [3.05, 3.63) is 53.6 Å². The van der Waals surface area contributed by atoms with E-state index in [-0.39, 0.29) is 17.2 Å². The van der Waals surface area contributed by atoms with Gasteiger partial charge < -0.3 is 40.1 Å². The molecule has 1 aliphatic rings. The maximum Gasteiger partial charge on any atom is 0.229 e. The Hall–Kier alpha value is -2.62. The summed E-state index contributed by atoms with van der Waals surface area (Å²) in [6.07, 6.45) is -3.52. The average Bonchev–Trinajstić information content (AvgIpc) is 2.67. The standard InChI is InChI=1S/C20H22O8/c21-10-16-17(24)18(25)19(26)20(28-16)27-15-8-12(7-14(23)9-15)2-1-11-3-5-13(22)6-4-11/h1-9,16-26H,10H2/b2-1+/t16-,17-,18-,19-,20+/m1/s1. The number of hydrogen-bond donors (Lipinski definition) is 6. The first-order chi connectivity index (χ1) is 13.4. The molecule has 0 aromatic heterocycles. The molecule has 2 aromatic rings. The van der Waals surface area contributed by atoms with Gasteiger partial charge in [0, 0.05) is 6.07 Å². The molecular weight excluding hydrogens is 368 g/mol. The minimum Gasteiger partial charge on any atom is -0.508 e. The van der Waals surface area contributed by atoms with Crippen LogP contribution in [0.25, 0.3) is 12.2 Å². The van der Waals surface area contributed by atoms with E-state index in [9.17, 15) is 30.6 Å². The van der Waals surface area contributed by atoms with E-state index < -0.39 is 37.3 Å². The second kappa shape index (κ2) is 8.59. The zero-order valence-corrected chi connectivity index (χ0v) is 14.8. The monoisotopic (exact) mass is 390 g/mol. The zero-order chi connectivity index (χ0) is 20.3. The molecule has 6 N–H and O–H groups in total. The number of aliphatic hydroxyl groups excluding tert-OH is 4. The molecule has 1 aliphatic heterocycles. The molecule has 0 bridgehead atoms. The van der Waals surface area contributed by atoms with Crippen molar-refractivity contribution < 1.29 is 40.1 Å². The van der Waals surface area contributed by atoms with Gasteiger partial charge >= 0.3 is 0 Å². The van der Waals surface area contributed by atoms with Gasteiger partial charge in [-0.2, -0.15) is 0 Å². The van der Waals surface area contributed by atoms with Crippen LogP contribution in [-0.4, -0.2) is 68.0 Å². The summed E-state index contributed by atoms with van der Waals surface area (Å²) in [4.78, 5) is 0. The van der Waals surface area contributed by atoms with Crippen molar-refractivity contribution >= 4 is 12.2 Å². The molecule has 5 atom stereocenters. The molecule has 0 radical (unpaired) electrons. The Labute approximate surface area is 161 Å². The van der Waals surface area contributed by atoms with Crippen LogP contribution in [0.2, 0.25) is 0 Å². The number of rotatable bonds is 5. The van der Waals surface area contributed by atoms with E-state index in [4.69, 9.17) is 9.47 Å². The normalized spacial score (nSPS) is 27.8. The highest BCUT2D eigenvalue weighted by molar-refractivity contribution is 5.71. The number of aliphatic hydroxyl groups is 4. The van der Waals surface area contributed by atoms with E-state index in [0.29, 0.717) is 5.56 Å². The first-order valence-corrected chi connectivity index (χ1v) is 8.65. The van der Waals surface area contributed by atoms with Crippen LogP contribution in [0.4, 0.5) is 0 Å². The highest BCUT2D eigenvalue weighted by atomic mass is 16.7. The second-order valence-electron chi connectivity index (χ2n) is 6.50. The van der Waals surface area contributed by atoms with Gasteiger partial charge in [-0.25, -0.2) is 0 Å². The highest BCUT2D eigenvalue weighted by Crippen LogP contribution is 2.28. The Morgan fingerprint density at radius 3 is 2.18 bits per heavy atom. The number of benzene rings is 2. The Morgan fingerprint density at radius 1 is 0.821 bits per heavy atom. The molecule has 0 amide bonds. The summed E-state index contributed by atoms with van der Waals surface area (Å²) in [6.45, 7) is -0.564. The molecule has 3 rings (SSSR count). The fourth-order valence-corrected chi connectivity index (χ4v) is 2.85. The maximum atomic E-state index is 10.1. The molecule has 150 valence electrons. The summed E-state index contributed by atoms with van der Waals surface area (Å²) in [6, 6.07) is 10.9. The smallest absolute Gasteiger partial charge is 0.229 e. The lowest BCUT2D eigenvalue weighted by molar-refractivity contribution is -0.277. The molecule has 2 aromatic carbocycles. The molecule has 0 aliphatic carbocycles. The van der Waals surface area contributed by atoms with Gasteiger partial charge in [-0.05, 0) is 35.4 Å². The summed E-state index contributed by atoms with van der Waals surface area (Å²) in [5.74, 6) is 0.229. The maximum absolute atomic E-state index is 10.1. The minimum absolute atomic E-state index is 0.0903. The summed E-state index contributed by atoms with van der Waals surface area (Å²) in [7, 11) is 0. The van der Waals surface area contributed by atoms with Gasteiger partial charge in [-0.3, -0.25) is 0 Å². The van der Waals surface area contributed by atoms with Crippen molar-refractivity contribution in [1.82, 2.24) is 0 Å². The SMILES string of the molecule is OC[C@H]1O[C@H](Oc2cc(O)cc(/C=C/c3ccc(O)cc3)c2)[C@H](O)[C@H](O)[C@@H]1O. The van der Waals surface area contributed by atoms with Gasteiger partial charge in [0.2, 0.25) is 6.29 Å². The van der Waals surface area contributed by atoms with Crippen LogP contribution in [0.1, 0.15) is 11.1 Å². The van der Waals surface area contributed by atoms with Crippen LogP contribution in [0.15, 0.2) is 42.5 Å². The molecular formula is C20H22O8. The van der Waals surface area contributed by atoms with Crippen molar-refractivity contribution in [3.8, 4) is 17.2 Å². The summed E-state index contributed by atoms with van der Waals surface area (Å²) >= 11 is 0. The van der Waals surface area contributed by atoms with Crippen molar-refractivity contribution in [2.75, 3.05) is 6.61 Å². The molecule has 28 heavy (non-hydrogen) atoms. The van der Waals surface area contributed by atoms with Crippen molar-refractivity contribution in [2.24, 2.45) is 0 Å². The number of hydrogen-bond acceptors (Lipinski definition) is 8. The Bertz CT molecular complexity index is 817. The van der Waals surface area contributed by atoms with Crippen LogP contribution in [0, 0.1) is 0 Å². The van der Waals surface area contributed by atoms with Crippen LogP contribution in [0.3, 0.4) is 0 Å². The van der Waals surface area contributed by atoms with E-state index in [2.05, 4.69) is 0 Å². The van der Waals surface area contributed by atoms with E-state index in [1.54, 1.807) is 42.5 Å². The molecule has 0 saturated carbocycles. The molecule has 0 spiro atoms. The second-order valence-corrected chi connectivity index (χ2v) is 6.50. The number of phenolic OH excluding ortho intramolecular Hbond substituents is 2. The Kier molecular flexibility index (Phi) is 6.18. The van der Waals surface area contributed by atoms with E-state index in [1.165, 1.54) is 12.1 Å². The largest absolute Gasteiger partial charge is 0.508 e. The third-order valence-electron chi connectivity index (χ3n) is 4.38. The van der Waals surface area contributed by atoms with Gasteiger partial charge in [0.15, 0.2) is 0 Å². The van der Waals surface area contributed by atoms with Gasteiger partial charge in [-0.15, -0.1) is 0 Å². The van der Waals surface area contributed by atoms with E-state index >= 15 is 0 Å². The number of ether oxygens (including phenoxy) is 2. The lowest BCUT2D eigenvalue weighted by atomic mass is 9.99. The fourth-order valence-electron chi connectivity index (χ4n) is 2.85. The van der Waals surface area contributed by atoms with E-state index in [0.717, 1.165) is 5.56 Å². The number of aromatic hydroxyl groups is 2. The number of phenols is 2. The highest BCUT2D eigenvalue weighted by Gasteiger charge is 2.44.